The monoisotopic (exact) mass is 290 g/mol. The zero-order chi connectivity index (χ0) is 9.30. The fraction of sp³-hybridized carbons (Fsp3) is 1.00. The highest BCUT2D eigenvalue weighted by Gasteiger charge is 2.41. The molecule has 0 radical (unpaired) electrons. The first kappa shape index (κ1) is 10.6. The van der Waals surface area contributed by atoms with E-state index in [4.69, 9.17) is 20.1 Å². The molecule has 6 heteroatoms. The molecule has 5 atom stereocenters. The molecule has 1 saturated heterocycles. The van der Waals surface area contributed by atoms with E-state index in [1.165, 1.54) is 0 Å². The Kier molecular flexibility index (Phi) is 3.68. The summed E-state index contributed by atoms with van der Waals surface area (Å²) in [7, 11) is 0. The van der Waals surface area contributed by atoms with Gasteiger partial charge in [-0.3, -0.25) is 0 Å². The number of aliphatic hydroxyl groups excluding tert-OH is 4. The maximum atomic E-state index is 9.31. The second-order valence-corrected chi connectivity index (χ2v) is 4.11. The molecule has 0 aliphatic carbocycles. The number of hydrogen-bond donors (Lipinski definition) is 4. The Morgan fingerprint density at radius 3 is 2.25 bits per heavy atom. The summed E-state index contributed by atoms with van der Waals surface area (Å²) in [6.45, 7) is -0.283. The molecule has 12 heavy (non-hydrogen) atoms. The van der Waals surface area contributed by atoms with Crippen LogP contribution in [0.5, 0.6) is 0 Å². The third-order valence-corrected chi connectivity index (χ3v) is 3.36. The second kappa shape index (κ2) is 4.16. The molecule has 1 unspecified atom stereocenters. The van der Waals surface area contributed by atoms with E-state index >= 15 is 0 Å². The fourth-order valence-corrected chi connectivity index (χ4v) is 1.88. The lowest BCUT2D eigenvalue weighted by Gasteiger charge is -2.37. The Hall–Kier alpha value is 0.530. The van der Waals surface area contributed by atoms with Crippen LogP contribution in [0.4, 0.5) is 0 Å². The molecule has 1 aliphatic rings. The van der Waals surface area contributed by atoms with Crippen molar-refractivity contribution in [2.75, 3.05) is 6.61 Å². The van der Waals surface area contributed by atoms with Crippen LogP contribution in [0.1, 0.15) is 0 Å². The zero-order valence-corrected chi connectivity index (χ0v) is 8.33. The Morgan fingerprint density at radius 1 is 1.17 bits per heavy atom. The summed E-state index contributed by atoms with van der Waals surface area (Å²) in [6, 6.07) is 0. The van der Waals surface area contributed by atoms with Gasteiger partial charge in [-0.15, -0.1) is 0 Å². The van der Waals surface area contributed by atoms with E-state index in [-0.39, 0.29) is 6.61 Å². The van der Waals surface area contributed by atoms with E-state index in [1.54, 1.807) is 0 Å². The average Bonchev–Trinajstić information content (AvgIpc) is 2.08. The Labute approximate surface area is 83.1 Å². The summed E-state index contributed by atoms with van der Waals surface area (Å²) < 4.78 is 4.41. The van der Waals surface area contributed by atoms with Crippen LogP contribution in [0.25, 0.3) is 0 Å². The van der Waals surface area contributed by atoms with Gasteiger partial charge in [-0.05, 0) is 0 Å². The highest BCUT2D eigenvalue weighted by molar-refractivity contribution is 14.1. The van der Waals surface area contributed by atoms with Gasteiger partial charge in [0.2, 0.25) is 0 Å². The van der Waals surface area contributed by atoms with Crippen LogP contribution in [0.2, 0.25) is 0 Å². The number of alkyl halides is 1. The predicted octanol–water partition coefficient (Wildman–Crippen LogP) is -1.78. The number of ether oxygens (including phenoxy) is 1. The lowest BCUT2D eigenvalue weighted by atomic mass is 10.0. The van der Waals surface area contributed by atoms with E-state index in [0.717, 1.165) is 0 Å². The van der Waals surface area contributed by atoms with Crippen molar-refractivity contribution in [3.63, 3.8) is 0 Å². The fourth-order valence-electron chi connectivity index (χ4n) is 1.06. The van der Waals surface area contributed by atoms with Gasteiger partial charge in [-0.2, -0.15) is 0 Å². The van der Waals surface area contributed by atoms with Gasteiger partial charge in [0.25, 0.3) is 0 Å². The Bertz CT molecular complexity index is 150. The van der Waals surface area contributed by atoms with Gasteiger partial charge in [0, 0.05) is 0 Å². The second-order valence-electron chi connectivity index (χ2n) is 2.67. The lowest BCUT2D eigenvalue weighted by molar-refractivity contribution is -0.246. The normalized spacial score (nSPS) is 49.2. The van der Waals surface area contributed by atoms with Crippen molar-refractivity contribution >= 4 is 22.6 Å². The van der Waals surface area contributed by atoms with Gasteiger partial charge >= 0.3 is 0 Å². The van der Waals surface area contributed by atoms with Gasteiger partial charge in [-0.25, -0.2) is 0 Å². The van der Waals surface area contributed by atoms with E-state index in [9.17, 15) is 5.11 Å². The molecular weight excluding hydrogens is 279 g/mol. The van der Waals surface area contributed by atoms with Crippen molar-refractivity contribution < 1.29 is 25.2 Å². The highest BCUT2D eigenvalue weighted by Crippen LogP contribution is 2.25. The van der Waals surface area contributed by atoms with E-state index in [1.807, 2.05) is 22.6 Å². The summed E-state index contributed by atoms with van der Waals surface area (Å²) >= 11 is 1.86. The summed E-state index contributed by atoms with van der Waals surface area (Å²) in [5, 5.41) is 36.2. The quantitative estimate of drug-likeness (QED) is 0.339. The van der Waals surface area contributed by atoms with Crippen LogP contribution in [0.15, 0.2) is 0 Å². The van der Waals surface area contributed by atoms with Crippen LogP contribution < -0.4 is 0 Å². The van der Waals surface area contributed by atoms with E-state index in [2.05, 4.69) is 0 Å². The van der Waals surface area contributed by atoms with Crippen LogP contribution in [0, 0.1) is 0 Å². The van der Waals surface area contributed by atoms with Crippen molar-refractivity contribution in [1.29, 1.82) is 0 Å². The first-order valence-electron chi connectivity index (χ1n) is 3.52. The van der Waals surface area contributed by atoms with Crippen LogP contribution in [-0.2, 0) is 4.74 Å². The van der Waals surface area contributed by atoms with Crippen molar-refractivity contribution in [1.82, 2.24) is 0 Å². The maximum Gasteiger partial charge on any atom is 0.183 e. The molecule has 1 heterocycles. The largest absolute Gasteiger partial charge is 0.394 e. The molecule has 0 saturated carbocycles. The Balaban J connectivity index is 2.63. The number of hydrogen-bond acceptors (Lipinski definition) is 5. The summed E-state index contributed by atoms with van der Waals surface area (Å²) in [6.07, 6.45) is -4.40. The predicted molar refractivity (Wildman–Crippen MR) is 47.8 cm³/mol. The van der Waals surface area contributed by atoms with Crippen molar-refractivity contribution in [2.45, 2.75) is 28.5 Å². The SMILES string of the molecule is OC[C@H]1OC(O)[C@H](O)[C@@H](O)[C@@H]1I. The molecule has 1 aliphatic heterocycles. The van der Waals surface area contributed by atoms with Gasteiger partial charge in [-0.1, -0.05) is 22.6 Å². The minimum atomic E-state index is -1.41. The molecule has 5 nitrogen and oxygen atoms in total. The van der Waals surface area contributed by atoms with Crippen LogP contribution in [0.3, 0.4) is 0 Å². The minimum Gasteiger partial charge on any atom is -0.394 e. The Morgan fingerprint density at radius 2 is 1.75 bits per heavy atom. The number of halogens is 1. The average molecular weight is 290 g/mol. The topological polar surface area (TPSA) is 90.2 Å². The van der Waals surface area contributed by atoms with Gasteiger partial charge in [0.15, 0.2) is 6.29 Å². The molecule has 0 aromatic carbocycles. The molecule has 0 aromatic heterocycles. The first-order valence-corrected chi connectivity index (χ1v) is 4.77. The molecule has 4 N–H and O–H groups in total. The van der Waals surface area contributed by atoms with Gasteiger partial charge < -0.3 is 25.2 Å². The van der Waals surface area contributed by atoms with E-state index < -0.39 is 28.5 Å². The van der Waals surface area contributed by atoms with Crippen molar-refractivity contribution in [3.05, 3.63) is 0 Å². The molecule has 0 spiro atoms. The highest BCUT2D eigenvalue weighted by atomic mass is 127. The van der Waals surface area contributed by atoms with Crippen LogP contribution in [-0.4, -0.2) is 55.6 Å². The molecule has 1 rings (SSSR count). The molecule has 1 fully saturated rings. The molecule has 0 bridgehead atoms. The summed E-state index contributed by atoms with van der Waals surface area (Å²) in [5.74, 6) is 0. The standard InChI is InChI=1S/C6H11IO5/c7-3-2(1-8)12-6(11)5(10)4(3)9/h2-6,8-11H,1H2/t2-,3-,4+,5-,6?/m1/s1. The number of aliphatic hydroxyl groups is 4. The molecule has 0 amide bonds. The van der Waals surface area contributed by atoms with Gasteiger partial charge in [0.1, 0.15) is 6.10 Å². The maximum absolute atomic E-state index is 9.31. The smallest absolute Gasteiger partial charge is 0.183 e. The third-order valence-electron chi connectivity index (χ3n) is 1.82. The summed E-state index contributed by atoms with van der Waals surface area (Å²) in [4.78, 5) is 0. The zero-order valence-electron chi connectivity index (χ0n) is 6.17. The van der Waals surface area contributed by atoms with E-state index in [0.29, 0.717) is 0 Å². The molecule has 0 aromatic rings. The number of rotatable bonds is 1. The molecule has 72 valence electrons. The van der Waals surface area contributed by atoms with Gasteiger partial charge in [0.05, 0.1) is 22.7 Å². The minimum absolute atomic E-state index is 0.283. The van der Waals surface area contributed by atoms with Crippen molar-refractivity contribution in [3.8, 4) is 0 Å². The van der Waals surface area contributed by atoms with Crippen molar-refractivity contribution in [2.24, 2.45) is 0 Å². The van der Waals surface area contributed by atoms with Crippen LogP contribution >= 0.6 is 22.6 Å². The lowest BCUT2D eigenvalue weighted by Crippen LogP contribution is -2.56. The first-order chi connectivity index (χ1) is 5.57. The third kappa shape index (κ3) is 1.88. The molecular formula is C6H11IO5. The summed E-state index contributed by atoms with van der Waals surface area (Å²) in [5.41, 5.74) is 0.